The summed E-state index contributed by atoms with van der Waals surface area (Å²) in [6.07, 6.45) is 3.53. The summed E-state index contributed by atoms with van der Waals surface area (Å²) in [5, 5.41) is 3.40. The number of nitrogens with zero attached hydrogens (tertiary/aromatic N) is 1. The predicted molar refractivity (Wildman–Crippen MR) is 85.0 cm³/mol. The number of carbonyl (C=O) groups excluding carboxylic acids is 2. The average Bonchev–Trinajstić information content (AvgIpc) is 2.79. The number of fused-ring (bicyclic) bond motifs is 3. The minimum absolute atomic E-state index is 0.380. The minimum atomic E-state index is -0.380. The molecule has 3 rings (SSSR count). The van der Waals surface area contributed by atoms with E-state index in [0.29, 0.717) is 10.0 Å². The van der Waals surface area contributed by atoms with Gasteiger partial charge in [-0.25, -0.2) is 0 Å². The molecule has 0 saturated carbocycles. The fourth-order valence-corrected chi connectivity index (χ4v) is 2.32. The van der Waals surface area contributed by atoms with Gasteiger partial charge in [-0.3, -0.25) is 14.6 Å². The Labute approximate surface area is 131 Å². The van der Waals surface area contributed by atoms with E-state index in [9.17, 15) is 9.59 Å². The number of pyridine rings is 1. The molecule has 3 aromatic rings. The van der Waals surface area contributed by atoms with Gasteiger partial charge in [0.1, 0.15) is 0 Å². The van der Waals surface area contributed by atoms with Crippen LogP contribution in [0.5, 0.6) is 0 Å². The first-order valence-electron chi connectivity index (χ1n) is 6.12. The Morgan fingerprint density at radius 1 is 1.10 bits per heavy atom. The molecule has 2 aromatic heterocycles. The summed E-state index contributed by atoms with van der Waals surface area (Å²) < 4.78 is 0. The molecule has 4 nitrogen and oxygen atoms in total. The molecule has 0 aliphatic carbocycles. The Kier molecular flexibility index (Phi) is 4.60. The number of hydrogen-bond acceptors (Lipinski definition) is 3. The Morgan fingerprint density at radius 3 is 2.38 bits per heavy atom. The Morgan fingerprint density at radius 2 is 1.76 bits per heavy atom. The quantitative estimate of drug-likeness (QED) is 0.683. The van der Waals surface area contributed by atoms with E-state index in [4.69, 9.17) is 23.2 Å². The molecule has 0 atom stereocenters. The fourth-order valence-electron chi connectivity index (χ4n) is 1.78. The zero-order valence-corrected chi connectivity index (χ0v) is 12.9. The number of rotatable bonds is 1. The summed E-state index contributed by atoms with van der Waals surface area (Å²) in [7, 11) is 0. The number of carbonyl (C=O) groups is 2. The van der Waals surface area contributed by atoms with Crippen molar-refractivity contribution in [3.05, 3.63) is 40.6 Å². The van der Waals surface area contributed by atoms with Crippen LogP contribution >= 0.6 is 23.2 Å². The lowest BCUT2D eigenvalue weighted by atomic mass is 10.2. The molecule has 0 amide bonds. The van der Waals surface area contributed by atoms with Crippen LogP contribution < -0.4 is 0 Å². The topological polar surface area (TPSA) is 62.8 Å². The van der Waals surface area contributed by atoms with Crippen molar-refractivity contribution in [1.29, 1.82) is 0 Å². The zero-order chi connectivity index (χ0) is 15.6. The third-order valence-electron chi connectivity index (χ3n) is 2.92. The Balaban J connectivity index is 0.000000232. The van der Waals surface area contributed by atoms with E-state index >= 15 is 0 Å². The Bertz CT molecular complexity index is 828. The van der Waals surface area contributed by atoms with Gasteiger partial charge in [0.25, 0.3) is 0 Å². The number of aromatic amines is 1. The molecule has 0 fully saturated rings. The van der Waals surface area contributed by atoms with Crippen molar-refractivity contribution in [2.75, 3.05) is 0 Å². The van der Waals surface area contributed by atoms with Crippen LogP contribution in [0.1, 0.15) is 13.8 Å². The number of nitrogens with one attached hydrogen (secondary N) is 1. The van der Waals surface area contributed by atoms with E-state index in [1.165, 1.54) is 13.8 Å². The van der Waals surface area contributed by atoms with Gasteiger partial charge in [-0.15, -0.1) is 0 Å². The maximum Gasteiger partial charge on any atom is 0.195 e. The molecule has 0 aliphatic heterocycles. The minimum Gasteiger partial charge on any atom is -0.352 e. The lowest BCUT2D eigenvalue weighted by molar-refractivity contribution is -0.134. The lowest BCUT2D eigenvalue weighted by Crippen LogP contribution is -2.01. The zero-order valence-electron chi connectivity index (χ0n) is 11.4. The first-order valence-corrected chi connectivity index (χ1v) is 6.87. The molecule has 2 heterocycles. The highest BCUT2D eigenvalue weighted by Crippen LogP contribution is 2.32. The van der Waals surface area contributed by atoms with Gasteiger partial charge in [0, 0.05) is 35.8 Å². The monoisotopic (exact) mass is 322 g/mol. The van der Waals surface area contributed by atoms with Crippen molar-refractivity contribution >= 4 is 56.6 Å². The summed E-state index contributed by atoms with van der Waals surface area (Å²) in [6, 6.07) is 5.58. The smallest absolute Gasteiger partial charge is 0.195 e. The first-order chi connectivity index (χ1) is 9.90. The molecule has 0 unspecified atom stereocenters. The summed E-state index contributed by atoms with van der Waals surface area (Å²) >= 11 is 12.1. The second-order valence-electron chi connectivity index (χ2n) is 4.47. The van der Waals surface area contributed by atoms with Gasteiger partial charge in [-0.1, -0.05) is 23.2 Å². The summed E-state index contributed by atoms with van der Waals surface area (Å²) in [5.41, 5.74) is 1.88. The SMILES string of the molecule is CC(=O)C(C)=O.Clc1cc(Cl)c2[nH]c3cnccc3c2c1. The van der Waals surface area contributed by atoms with Crippen LogP contribution in [0, 0.1) is 0 Å². The molecule has 0 aliphatic rings. The molecular formula is C15H12Cl2N2O2. The summed E-state index contributed by atoms with van der Waals surface area (Å²) in [6.45, 7) is 2.50. The van der Waals surface area contributed by atoms with E-state index in [1.807, 2.05) is 12.1 Å². The number of aromatic nitrogens is 2. The van der Waals surface area contributed by atoms with Gasteiger partial charge in [0.15, 0.2) is 11.6 Å². The van der Waals surface area contributed by atoms with E-state index in [-0.39, 0.29) is 11.6 Å². The average molecular weight is 323 g/mol. The molecule has 21 heavy (non-hydrogen) atoms. The first kappa shape index (κ1) is 15.5. The maximum absolute atomic E-state index is 9.79. The van der Waals surface area contributed by atoms with Gasteiger partial charge >= 0.3 is 0 Å². The molecule has 6 heteroatoms. The molecule has 0 saturated heterocycles. The van der Waals surface area contributed by atoms with Gasteiger partial charge in [0.05, 0.1) is 22.3 Å². The van der Waals surface area contributed by atoms with Crippen LogP contribution in [-0.4, -0.2) is 21.5 Å². The van der Waals surface area contributed by atoms with E-state index < -0.39 is 0 Å². The summed E-state index contributed by atoms with van der Waals surface area (Å²) in [5.74, 6) is -0.759. The highest BCUT2D eigenvalue weighted by atomic mass is 35.5. The fraction of sp³-hybridized carbons (Fsp3) is 0.133. The van der Waals surface area contributed by atoms with Crippen LogP contribution in [0.2, 0.25) is 10.0 Å². The summed E-state index contributed by atoms with van der Waals surface area (Å²) in [4.78, 5) is 26.9. The van der Waals surface area contributed by atoms with Gasteiger partial charge in [0.2, 0.25) is 0 Å². The number of ketones is 2. The lowest BCUT2D eigenvalue weighted by Gasteiger charge is -1.95. The molecule has 1 N–H and O–H groups in total. The van der Waals surface area contributed by atoms with E-state index in [1.54, 1.807) is 18.5 Å². The Hall–Kier alpha value is -1.91. The van der Waals surface area contributed by atoms with Crippen LogP contribution in [0.3, 0.4) is 0 Å². The molecule has 1 aromatic carbocycles. The third-order valence-corrected chi connectivity index (χ3v) is 3.44. The number of hydrogen-bond donors (Lipinski definition) is 1. The van der Waals surface area contributed by atoms with Crippen molar-refractivity contribution in [1.82, 2.24) is 9.97 Å². The van der Waals surface area contributed by atoms with Crippen LogP contribution in [0.25, 0.3) is 21.8 Å². The highest BCUT2D eigenvalue weighted by Gasteiger charge is 2.07. The predicted octanol–water partition coefficient (Wildman–Crippen LogP) is 4.19. The molecule has 0 radical (unpaired) electrons. The maximum atomic E-state index is 9.79. The second kappa shape index (κ2) is 6.24. The van der Waals surface area contributed by atoms with E-state index in [2.05, 4.69) is 9.97 Å². The third kappa shape index (κ3) is 3.40. The van der Waals surface area contributed by atoms with E-state index in [0.717, 1.165) is 21.8 Å². The van der Waals surface area contributed by atoms with Crippen molar-refractivity contribution in [3.8, 4) is 0 Å². The highest BCUT2D eigenvalue weighted by molar-refractivity contribution is 6.39. The van der Waals surface area contributed by atoms with Crippen molar-refractivity contribution in [3.63, 3.8) is 0 Å². The molecule has 0 bridgehead atoms. The van der Waals surface area contributed by atoms with Crippen molar-refractivity contribution < 1.29 is 9.59 Å². The van der Waals surface area contributed by atoms with Gasteiger partial charge in [-0.05, 0) is 18.2 Å². The van der Waals surface area contributed by atoms with Gasteiger partial charge in [-0.2, -0.15) is 0 Å². The molecule has 108 valence electrons. The van der Waals surface area contributed by atoms with Crippen LogP contribution in [0.4, 0.5) is 0 Å². The standard InChI is InChI=1S/C11H6Cl2N2.C4H6O2/c12-6-3-8-7-1-2-14-5-10(7)15-11(8)9(13)4-6;1-3(5)4(2)6/h1-5,15H;1-2H3. The molecular weight excluding hydrogens is 311 g/mol. The van der Waals surface area contributed by atoms with Crippen molar-refractivity contribution in [2.45, 2.75) is 13.8 Å². The molecule has 0 spiro atoms. The number of halogens is 2. The van der Waals surface area contributed by atoms with Gasteiger partial charge < -0.3 is 4.98 Å². The largest absolute Gasteiger partial charge is 0.352 e. The van der Waals surface area contributed by atoms with Crippen molar-refractivity contribution in [2.24, 2.45) is 0 Å². The van der Waals surface area contributed by atoms with Crippen LogP contribution in [-0.2, 0) is 9.59 Å². The number of Topliss-reactive ketones (excluding diaryl/α,β-unsaturated/α-hetero) is 2. The second-order valence-corrected chi connectivity index (χ2v) is 5.31. The normalized spacial score (nSPS) is 10.3. The van der Waals surface area contributed by atoms with Crippen LogP contribution in [0.15, 0.2) is 30.6 Å². The number of benzene rings is 1. The number of H-pyrrole nitrogens is 1.